The summed E-state index contributed by atoms with van der Waals surface area (Å²) < 4.78 is 18.9. The van der Waals surface area contributed by atoms with E-state index in [0.717, 1.165) is 24.8 Å². The van der Waals surface area contributed by atoms with Gasteiger partial charge in [0.1, 0.15) is 5.82 Å². The van der Waals surface area contributed by atoms with E-state index in [0.29, 0.717) is 19.1 Å². The van der Waals surface area contributed by atoms with Crippen molar-refractivity contribution in [3.8, 4) is 0 Å². The number of nitrogens with one attached hydrogen (secondary N) is 2. The fourth-order valence-electron chi connectivity index (χ4n) is 3.29. The quantitative estimate of drug-likeness (QED) is 0.795. The fraction of sp³-hybridized carbons (Fsp3) is 0.579. The maximum atomic E-state index is 13.2. The van der Waals surface area contributed by atoms with E-state index in [9.17, 15) is 14.0 Å². The second-order valence-corrected chi connectivity index (χ2v) is 7.01. The fourth-order valence-corrected chi connectivity index (χ4v) is 3.29. The van der Waals surface area contributed by atoms with Gasteiger partial charge in [0.2, 0.25) is 11.8 Å². The van der Waals surface area contributed by atoms with Crippen molar-refractivity contribution in [2.75, 3.05) is 13.2 Å². The molecule has 1 aliphatic heterocycles. The highest BCUT2D eigenvalue weighted by Gasteiger charge is 2.38. The minimum atomic E-state index is -0.307. The number of amides is 2. The average Bonchev–Trinajstić information content (AvgIpc) is 3.09. The van der Waals surface area contributed by atoms with Crippen LogP contribution in [0.25, 0.3) is 0 Å². The number of carbonyl (C=O) groups is 2. The van der Waals surface area contributed by atoms with Crippen molar-refractivity contribution in [1.29, 1.82) is 0 Å². The van der Waals surface area contributed by atoms with Crippen molar-refractivity contribution in [1.82, 2.24) is 10.6 Å². The molecule has 6 heteroatoms. The number of hydrogen-bond acceptors (Lipinski definition) is 3. The first-order valence-electron chi connectivity index (χ1n) is 8.98. The van der Waals surface area contributed by atoms with Crippen LogP contribution < -0.4 is 10.6 Å². The zero-order valence-electron chi connectivity index (χ0n) is 14.5. The summed E-state index contributed by atoms with van der Waals surface area (Å²) in [6, 6.07) is 5.84. The third kappa shape index (κ3) is 4.78. The van der Waals surface area contributed by atoms with Gasteiger partial charge in [0.05, 0.1) is 12.1 Å². The molecule has 1 aliphatic carbocycles. The lowest BCUT2D eigenvalue weighted by Crippen LogP contribution is -2.38. The third-order valence-corrected chi connectivity index (χ3v) is 4.98. The van der Waals surface area contributed by atoms with Gasteiger partial charge in [-0.25, -0.2) is 4.39 Å². The Morgan fingerprint density at radius 3 is 2.64 bits per heavy atom. The van der Waals surface area contributed by atoms with E-state index < -0.39 is 0 Å². The lowest BCUT2D eigenvalue weighted by atomic mass is 9.99. The Morgan fingerprint density at radius 1 is 1.32 bits per heavy atom. The lowest BCUT2D eigenvalue weighted by Gasteiger charge is -2.25. The molecule has 25 heavy (non-hydrogen) atoms. The summed E-state index contributed by atoms with van der Waals surface area (Å²) in [5.41, 5.74) is 0.831. The molecule has 5 nitrogen and oxygen atoms in total. The lowest BCUT2D eigenvalue weighted by molar-refractivity contribution is -0.124. The zero-order valence-corrected chi connectivity index (χ0v) is 14.5. The number of halogens is 1. The summed E-state index contributed by atoms with van der Waals surface area (Å²) in [4.78, 5) is 24.1. The summed E-state index contributed by atoms with van der Waals surface area (Å²) in [6.45, 7) is 3.05. The first-order valence-corrected chi connectivity index (χ1v) is 8.98. The minimum absolute atomic E-state index is 0.0366. The molecular formula is C19H25FN2O3. The Morgan fingerprint density at radius 2 is 2.04 bits per heavy atom. The molecule has 2 amide bonds. The van der Waals surface area contributed by atoms with Crippen LogP contribution in [0.3, 0.4) is 0 Å². The van der Waals surface area contributed by atoms with Gasteiger partial charge in [-0.3, -0.25) is 9.59 Å². The third-order valence-electron chi connectivity index (χ3n) is 4.98. The first-order chi connectivity index (χ1) is 12.0. The van der Waals surface area contributed by atoms with E-state index >= 15 is 0 Å². The average molecular weight is 348 g/mol. The maximum absolute atomic E-state index is 13.2. The summed E-state index contributed by atoms with van der Waals surface area (Å²) >= 11 is 0. The molecule has 0 spiro atoms. The van der Waals surface area contributed by atoms with Crippen LogP contribution in [0.5, 0.6) is 0 Å². The minimum Gasteiger partial charge on any atom is -0.376 e. The van der Waals surface area contributed by atoms with Crippen LogP contribution in [0, 0.1) is 17.7 Å². The zero-order chi connectivity index (χ0) is 17.8. The predicted molar refractivity (Wildman–Crippen MR) is 91.2 cm³/mol. The molecule has 1 saturated carbocycles. The first kappa shape index (κ1) is 17.9. The Balaban J connectivity index is 1.53. The highest BCUT2D eigenvalue weighted by Crippen LogP contribution is 2.37. The van der Waals surface area contributed by atoms with E-state index in [1.165, 1.54) is 12.1 Å². The topological polar surface area (TPSA) is 67.4 Å². The molecule has 0 unspecified atom stereocenters. The molecule has 1 aromatic rings. The van der Waals surface area contributed by atoms with Crippen molar-refractivity contribution in [2.45, 2.75) is 44.8 Å². The van der Waals surface area contributed by atoms with Crippen LogP contribution in [0.2, 0.25) is 0 Å². The Kier molecular flexibility index (Phi) is 5.68. The molecule has 0 radical (unpaired) electrons. The van der Waals surface area contributed by atoms with E-state index in [4.69, 9.17) is 4.74 Å². The van der Waals surface area contributed by atoms with Crippen LogP contribution >= 0.6 is 0 Å². The van der Waals surface area contributed by atoms with Crippen molar-refractivity contribution >= 4 is 11.8 Å². The van der Waals surface area contributed by atoms with Gasteiger partial charge in [-0.05, 0) is 42.9 Å². The molecule has 1 heterocycles. The van der Waals surface area contributed by atoms with E-state index in [1.807, 2.05) is 6.92 Å². The van der Waals surface area contributed by atoms with E-state index in [2.05, 4.69) is 10.6 Å². The molecule has 2 N–H and O–H groups in total. The molecular weight excluding hydrogens is 323 g/mol. The summed E-state index contributed by atoms with van der Waals surface area (Å²) in [6.07, 6.45) is 2.87. The number of carbonyl (C=O) groups excluding carboxylic acids is 2. The molecule has 0 aromatic heterocycles. The van der Waals surface area contributed by atoms with Gasteiger partial charge >= 0.3 is 0 Å². The van der Waals surface area contributed by atoms with Gasteiger partial charge in [0.15, 0.2) is 0 Å². The molecule has 2 aliphatic rings. The van der Waals surface area contributed by atoms with Gasteiger partial charge in [-0.1, -0.05) is 19.1 Å². The van der Waals surface area contributed by atoms with E-state index in [-0.39, 0.29) is 42.1 Å². The second-order valence-electron chi connectivity index (χ2n) is 7.01. The van der Waals surface area contributed by atoms with Crippen molar-refractivity contribution in [3.63, 3.8) is 0 Å². The summed E-state index contributed by atoms with van der Waals surface area (Å²) in [5, 5.41) is 5.80. The number of rotatable bonds is 7. The normalized spacial score (nSPS) is 26.1. The smallest absolute Gasteiger partial charge is 0.223 e. The number of benzene rings is 1. The molecule has 3 rings (SSSR count). The molecule has 136 valence electrons. The van der Waals surface area contributed by atoms with Gasteiger partial charge in [0, 0.05) is 25.5 Å². The van der Waals surface area contributed by atoms with Crippen LogP contribution in [0.15, 0.2) is 24.3 Å². The highest BCUT2D eigenvalue weighted by molar-refractivity contribution is 5.82. The van der Waals surface area contributed by atoms with Gasteiger partial charge in [-0.15, -0.1) is 0 Å². The van der Waals surface area contributed by atoms with Gasteiger partial charge in [-0.2, -0.15) is 0 Å². The van der Waals surface area contributed by atoms with Crippen molar-refractivity contribution in [2.24, 2.45) is 11.8 Å². The van der Waals surface area contributed by atoms with Crippen LogP contribution in [-0.2, 0) is 14.3 Å². The predicted octanol–water partition coefficient (Wildman–Crippen LogP) is 2.32. The second kappa shape index (κ2) is 7.95. The standard InChI is InChI=1S/C19H25FN2O3/c1-12-11-15(12)19(24)21-9-8-17(23)22-18(16-3-2-10-25-16)13-4-6-14(20)7-5-13/h4-7,12,15-16,18H,2-3,8-11H2,1H3,(H,21,24)(H,22,23)/t12-,15+,16-,18+/m1/s1. The molecule has 0 bridgehead atoms. The molecule has 4 atom stereocenters. The van der Waals surface area contributed by atoms with Crippen LogP contribution in [0.4, 0.5) is 4.39 Å². The number of ether oxygens (including phenoxy) is 1. The Bertz CT molecular complexity index is 614. The SMILES string of the molecule is C[C@@H]1C[C@@H]1C(=O)NCCC(=O)N[C@@H](c1ccc(F)cc1)[C@H]1CCCO1. The summed E-state index contributed by atoms with van der Waals surface area (Å²) in [7, 11) is 0. The Labute approximate surface area is 147 Å². The monoisotopic (exact) mass is 348 g/mol. The maximum Gasteiger partial charge on any atom is 0.223 e. The van der Waals surface area contributed by atoms with Crippen LogP contribution in [-0.4, -0.2) is 31.1 Å². The largest absolute Gasteiger partial charge is 0.376 e. The molecule has 2 fully saturated rings. The van der Waals surface area contributed by atoms with Crippen molar-refractivity contribution < 1.29 is 18.7 Å². The highest BCUT2D eigenvalue weighted by atomic mass is 19.1. The number of hydrogen-bond donors (Lipinski definition) is 2. The van der Waals surface area contributed by atoms with Gasteiger partial charge < -0.3 is 15.4 Å². The van der Waals surface area contributed by atoms with Gasteiger partial charge in [0.25, 0.3) is 0 Å². The van der Waals surface area contributed by atoms with Crippen molar-refractivity contribution in [3.05, 3.63) is 35.6 Å². The Hall–Kier alpha value is -1.95. The molecule has 1 saturated heterocycles. The van der Waals surface area contributed by atoms with Crippen LogP contribution in [0.1, 0.15) is 44.2 Å². The van der Waals surface area contributed by atoms with E-state index in [1.54, 1.807) is 12.1 Å². The summed E-state index contributed by atoms with van der Waals surface area (Å²) in [5.74, 6) is 0.153. The molecule has 1 aromatic carbocycles.